The standard InChI is InChI=1S/C11H14N2S/c1-11(2)10(14)12-9(13-11)8-6-4-3-5-7-8/h3-7,9,13H,1-2H3,(H,12,14). The first-order valence-corrected chi connectivity index (χ1v) is 5.14. The Morgan fingerprint density at radius 2 is 1.86 bits per heavy atom. The molecule has 0 aromatic heterocycles. The van der Waals surface area contributed by atoms with Crippen molar-refractivity contribution in [2.24, 2.45) is 0 Å². The minimum absolute atomic E-state index is 0.101. The molecule has 1 saturated heterocycles. The predicted octanol–water partition coefficient (Wildman–Crippen LogP) is 1.98. The summed E-state index contributed by atoms with van der Waals surface area (Å²) in [6.45, 7) is 4.18. The van der Waals surface area contributed by atoms with E-state index in [4.69, 9.17) is 12.2 Å². The van der Waals surface area contributed by atoms with Gasteiger partial charge >= 0.3 is 0 Å². The fourth-order valence-corrected chi connectivity index (χ4v) is 1.76. The molecule has 2 nitrogen and oxygen atoms in total. The Morgan fingerprint density at radius 3 is 2.36 bits per heavy atom. The van der Waals surface area contributed by atoms with Gasteiger partial charge < -0.3 is 5.32 Å². The third-order valence-corrected chi connectivity index (χ3v) is 3.11. The van der Waals surface area contributed by atoms with Gasteiger partial charge in [-0.1, -0.05) is 42.5 Å². The highest BCUT2D eigenvalue weighted by atomic mass is 32.1. The summed E-state index contributed by atoms with van der Waals surface area (Å²) < 4.78 is 0. The molecule has 0 aliphatic carbocycles. The molecule has 1 aliphatic heterocycles. The van der Waals surface area contributed by atoms with Crippen LogP contribution in [0.3, 0.4) is 0 Å². The molecule has 0 radical (unpaired) electrons. The topological polar surface area (TPSA) is 24.1 Å². The molecule has 1 unspecified atom stereocenters. The Morgan fingerprint density at radius 1 is 1.21 bits per heavy atom. The van der Waals surface area contributed by atoms with Crippen LogP contribution in [0.25, 0.3) is 0 Å². The number of hydrogen-bond acceptors (Lipinski definition) is 2. The Hall–Kier alpha value is -0.930. The molecule has 0 saturated carbocycles. The van der Waals surface area contributed by atoms with Crippen molar-refractivity contribution in [1.82, 2.24) is 10.6 Å². The van der Waals surface area contributed by atoms with Crippen molar-refractivity contribution in [2.75, 3.05) is 0 Å². The predicted molar refractivity (Wildman–Crippen MR) is 62.1 cm³/mol. The van der Waals surface area contributed by atoms with E-state index in [1.807, 2.05) is 18.2 Å². The Bertz CT molecular complexity index is 346. The van der Waals surface area contributed by atoms with Crippen LogP contribution in [0.1, 0.15) is 25.6 Å². The van der Waals surface area contributed by atoms with Crippen molar-refractivity contribution in [3.05, 3.63) is 35.9 Å². The van der Waals surface area contributed by atoms with E-state index >= 15 is 0 Å². The highest BCUT2D eigenvalue weighted by Crippen LogP contribution is 2.21. The molecule has 0 amide bonds. The number of nitrogens with one attached hydrogen (secondary N) is 2. The van der Waals surface area contributed by atoms with E-state index in [2.05, 4.69) is 36.6 Å². The van der Waals surface area contributed by atoms with Crippen LogP contribution in [0.15, 0.2) is 30.3 Å². The van der Waals surface area contributed by atoms with Gasteiger partial charge in [0.2, 0.25) is 0 Å². The molecule has 0 spiro atoms. The lowest BCUT2D eigenvalue weighted by atomic mass is 10.1. The van der Waals surface area contributed by atoms with Crippen LogP contribution in [-0.4, -0.2) is 10.5 Å². The smallest absolute Gasteiger partial charge is 0.104 e. The lowest BCUT2D eigenvalue weighted by Crippen LogP contribution is -2.38. The van der Waals surface area contributed by atoms with Crippen LogP contribution in [0.4, 0.5) is 0 Å². The first kappa shape index (κ1) is 9.62. The summed E-state index contributed by atoms with van der Waals surface area (Å²) in [5, 5.41) is 6.72. The van der Waals surface area contributed by atoms with Crippen molar-refractivity contribution < 1.29 is 0 Å². The van der Waals surface area contributed by atoms with E-state index in [9.17, 15) is 0 Å². The van der Waals surface area contributed by atoms with Crippen molar-refractivity contribution in [3.63, 3.8) is 0 Å². The van der Waals surface area contributed by atoms with Gasteiger partial charge in [0, 0.05) is 0 Å². The third kappa shape index (κ3) is 1.65. The fraction of sp³-hybridized carbons (Fsp3) is 0.364. The van der Waals surface area contributed by atoms with E-state index in [1.165, 1.54) is 5.56 Å². The van der Waals surface area contributed by atoms with Crippen LogP contribution in [0.5, 0.6) is 0 Å². The molecule has 74 valence electrons. The quantitative estimate of drug-likeness (QED) is 0.687. The van der Waals surface area contributed by atoms with Crippen molar-refractivity contribution >= 4 is 17.2 Å². The number of thiocarbonyl (C=S) groups is 1. The minimum Gasteiger partial charge on any atom is -0.359 e. The second-order valence-electron chi connectivity index (χ2n) is 4.09. The van der Waals surface area contributed by atoms with Gasteiger partial charge in [0.05, 0.1) is 10.5 Å². The largest absolute Gasteiger partial charge is 0.359 e. The summed E-state index contributed by atoms with van der Waals surface area (Å²) in [6, 6.07) is 10.3. The Kier molecular flexibility index (Phi) is 2.29. The van der Waals surface area contributed by atoms with Gasteiger partial charge in [-0.05, 0) is 19.4 Å². The summed E-state index contributed by atoms with van der Waals surface area (Å²) in [7, 11) is 0. The average Bonchev–Trinajstić information content (AvgIpc) is 2.43. The highest BCUT2D eigenvalue weighted by Gasteiger charge is 2.35. The van der Waals surface area contributed by atoms with E-state index in [-0.39, 0.29) is 11.7 Å². The maximum absolute atomic E-state index is 5.26. The van der Waals surface area contributed by atoms with Crippen molar-refractivity contribution in [2.45, 2.75) is 25.6 Å². The van der Waals surface area contributed by atoms with Crippen LogP contribution < -0.4 is 10.6 Å². The van der Waals surface area contributed by atoms with Crippen LogP contribution in [-0.2, 0) is 0 Å². The van der Waals surface area contributed by atoms with E-state index in [1.54, 1.807) is 0 Å². The van der Waals surface area contributed by atoms with Gasteiger partial charge in [0.15, 0.2) is 0 Å². The third-order valence-electron chi connectivity index (χ3n) is 2.48. The van der Waals surface area contributed by atoms with Crippen LogP contribution in [0.2, 0.25) is 0 Å². The van der Waals surface area contributed by atoms with Gasteiger partial charge in [0.1, 0.15) is 6.17 Å². The van der Waals surface area contributed by atoms with Gasteiger partial charge in [-0.3, -0.25) is 5.32 Å². The molecular weight excluding hydrogens is 192 g/mol. The average molecular weight is 206 g/mol. The number of benzene rings is 1. The molecule has 2 N–H and O–H groups in total. The molecule has 1 aliphatic rings. The zero-order valence-electron chi connectivity index (χ0n) is 8.37. The molecule has 0 bridgehead atoms. The molecule has 1 fully saturated rings. The van der Waals surface area contributed by atoms with Gasteiger partial charge in [0.25, 0.3) is 0 Å². The molecule has 1 aromatic rings. The first-order chi connectivity index (χ1) is 6.59. The number of hydrogen-bond donors (Lipinski definition) is 2. The number of rotatable bonds is 1. The monoisotopic (exact) mass is 206 g/mol. The zero-order chi connectivity index (χ0) is 10.2. The SMILES string of the molecule is CC1(C)NC(c2ccccc2)NC1=S. The lowest BCUT2D eigenvalue weighted by molar-refractivity contribution is 0.474. The zero-order valence-corrected chi connectivity index (χ0v) is 9.19. The van der Waals surface area contributed by atoms with Gasteiger partial charge in [-0.2, -0.15) is 0 Å². The molecule has 14 heavy (non-hydrogen) atoms. The molecular formula is C11H14N2S. The van der Waals surface area contributed by atoms with Crippen LogP contribution >= 0.6 is 12.2 Å². The Balaban J connectivity index is 2.21. The normalized spacial score (nSPS) is 24.7. The van der Waals surface area contributed by atoms with Crippen molar-refractivity contribution in [3.8, 4) is 0 Å². The Labute approximate surface area is 89.7 Å². The summed E-state index contributed by atoms with van der Waals surface area (Å²) in [6.07, 6.45) is 0.152. The fourth-order valence-electron chi connectivity index (χ4n) is 1.59. The molecule has 1 aromatic carbocycles. The van der Waals surface area contributed by atoms with E-state index in [0.717, 1.165) is 4.99 Å². The summed E-state index contributed by atoms with van der Waals surface area (Å²) >= 11 is 5.26. The molecule has 2 rings (SSSR count). The molecule has 3 heteroatoms. The second-order valence-corrected chi connectivity index (χ2v) is 4.49. The van der Waals surface area contributed by atoms with Crippen molar-refractivity contribution in [1.29, 1.82) is 0 Å². The second kappa shape index (κ2) is 3.33. The van der Waals surface area contributed by atoms with Crippen LogP contribution in [0, 0.1) is 0 Å². The van der Waals surface area contributed by atoms with Gasteiger partial charge in [-0.15, -0.1) is 0 Å². The van der Waals surface area contributed by atoms with E-state index < -0.39 is 0 Å². The van der Waals surface area contributed by atoms with Gasteiger partial charge in [-0.25, -0.2) is 0 Å². The molecule has 1 heterocycles. The summed E-state index contributed by atoms with van der Waals surface area (Å²) in [4.78, 5) is 0.881. The summed E-state index contributed by atoms with van der Waals surface area (Å²) in [5.74, 6) is 0. The highest BCUT2D eigenvalue weighted by molar-refractivity contribution is 7.80. The first-order valence-electron chi connectivity index (χ1n) is 4.73. The molecule has 1 atom stereocenters. The summed E-state index contributed by atoms with van der Waals surface area (Å²) in [5.41, 5.74) is 1.12. The minimum atomic E-state index is -0.101. The van der Waals surface area contributed by atoms with E-state index in [0.29, 0.717) is 0 Å². The maximum atomic E-state index is 5.26. The maximum Gasteiger partial charge on any atom is 0.104 e. The lowest BCUT2D eigenvalue weighted by Gasteiger charge is -2.17.